The molecule has 156 valence electrons. The maximum atomic E-state index is 13.3. The topological polar surface area (TPSA) is 150 Å². The van der Waals surface area contributed by atoms with Gasteiger partial charge in [0.15, 0.2) is 5.69 Å². The minimum absolute atomic E-state index is 0.0132. The molecule has 3 aromatic rings. The molecule has 30 heavy (non-hydrogen) atoms. The van der Waals surface area contributed by atoms with Gasteiger partial charge >= 0.3 is 0 Å². The van der Waals surface area contributed by atoms with Crippen molar-refractivity contribution in [2.24, 2.45) is 5.10 Å². The van der Waals surface area contributed by atoms with Crippen LogP contribution in [0, 0.1) is 5.82 Å². The van der Waals surface area contributed by atoms with Crippen LogP contribution in [0.3, 0.4) is 0 Å². The molecule has 1 saturated heterocycles. The van der Waals surface area contributed by atoms with Gasteiger partial charge in [-0.25, -0.2) is 14.4 Å². The largest absolute Gasteiger partial charge is 0.379 e. The number of amides is 1. The predicted octanol–water partition coefficient (Wildman–Crippen LogP) is -0.0323. The van der Waals surface area contributed by atoms with Gasteiger partial charge in [-0.3, -0.25) is 9.69 Å². The maximum Gasteiger partial charge on any atom is 0.293 e. The first-order chi connectivity index (χ1) is 14.6. The number of nitrogens with zero attached hydrogens (tertiary/aromatic N) is 7. The Balaban J connectivity index is 1.57. The zero-order chi connectivity index (χ0) is 20.9. The minimum Gasteiger partial charge on any atom is -0.379 e. The lowest BCUT2D eigenvalue weighted by Crippen LogP contribution is -2.37. The van der Waals surface area contributed by atoms with Gasteiger partial charge in [0.05, 0.1) is 25.1 Å². The number of hydrogen-bond acceptors (Lipinski definition) is 10. The average Bonchev–Trinajstić information content (AvgIpc) is 3.34. The SMILES string of the molecule is Nc1nonc1-n1nnc(C(=O)N/N=C/c2cccc(F)c2)c1CN1CCOCC1. The third-order valence-electron chi connectivity index (χ3n) is 4.38. The molecule has 4 rings (SSSR count). The number of rotatable bonds is 6. The Morgan fingerprint density at radius 2 is 2.17 bits per heavy atom. The fourth-order valence-electron chi connectivity index (χ4n) is 2.90. The number of aromatic nitrogens is 5. The number of ether oxygens (including phenoxy) is 1. The first-order valence-corrected chi connectivity index (χ1v) is 9.04. The molecule has 1 aliphatic rings. The summed E-state index contributed by atoms with van der Waals surface area (Å²) < 4.78 is 24.6. The fraction of sp³-hybridized carbons (Fsp3) is 0.294. The number of nitrogens with two attached hydrogens (primary N) is 1. The van der Waals surface area contributed by atoms with E-state index in [0.717, 1.165) is 0 Å². The summed E-state index contributed by atoms with van der Waals surface area (Å²) in [5.41, 5.74) is 9.13. The van der Waals surface area contributed by atoms with Gasteiger partial charge in [0.1, 0.15) is 5.82 Å². The van der Waals surface area contributed by atoms with Crippen molar-refractivity contribution in [3.8, 4) is 5.82 Å². The zero-order valence-corrected chi connectivity index (χ0v) is 15.7. The van der Waals surface area contributed by atoms with Gasteiger partial charge in [0, 0.05) is 19.6 Å². The molecule has 13 heteroatoms. The number of nitrogen functional groups attached to an aromatic ring is 1. The smallest absolute Gasteiger partial charge is 0.293 e. The van der Waals surface area contributed by atoms with E-state index < -0.39 is 11.7 Å². The van der Waals surface area contributed by atoms with Gasteiger partial charge in [-0.15, -0.1) is 5.10 Å². The molecule has 12 nitrogen and oxygen atoms in total. The molecule has 0 atom stereocenters. The van der Waals surface area contributed by atoms with Crippen molar-refractivity contribution in [2.45, 2.75) is 6.54 Å². The number of benzene rings is 1. The molecule has 1 aromatic carbocycles. The summed E-state index contributed by atoms with van der Waals surface area (Å²) in [7, 11) is 0. The highest BCUT2D eigenvalue weighted by atomic mass is 19.1. The number of hydrogen-bond donors (Lipinski definition) is 2. The summed E-state index contributed by atoms with van der Waals surface area (Å²) in [4.78, 5) is 14.8. The molecule has 2 aromatic heterocycles. The predicted molar refractivity (Wildman–Crippen MR) is 101 cm³/mol. The second kappa shape index (κ2) is 8.75. The van der Waals surface area contributed by atoms with Crippen molar-refractivity contribution in [3.63, 3.8) is 0 Å². The monoisotopic (exact) mass is 415 g/mol. The van der Waals surface area contributed by atoms with Gasteiger partial charge in [-0.2, -0.15) is 9.78 Å². The summed E-state index contributed by atoms with van der Waals surface area (Å²) in [6.07, 6.45) is 1.33. The Bertz CT molecular complexity index is 1060. The van der Waals surface area contributed by atoms with E-state index in [4.69, 9.17) is 10.5 Å². The molecular formula is C17H18FN9O3. The lowest BCUT2D eigenvalue weighted by Gasteiger charge is -2.26. The van der Waals surface area contributed by atoms with Crippen molar-refractivity contribution in [3.05, 3.63) is 47.0 Å². The Kier molecular flexibility index (Phi) is 5.72. The normalized spacial score (nSPS) is 15.0. The molecule has 1 amide bonds. The summed E-state index contributed by atoms with van der Waals surface area (Å²) in [6, 6.07) is 5.80. The van der Waals surface area contributed by atoms with Gasteiger partial charge in [-0.05, 0) is 28.0 Å². The molecule has 3 heterocycles. The van der Waals surface area contributed by atoms with E-state index in [2.05, 4.69) is 40.7 Å². The Morgan fingerprint density at radius 3 is 2.90 bits per heavy atom. The highest BCUT2D eigenvalue weighted by Crippen LogP contribution is 2.18. The molecule has 0 aliphatic carbocycles. The number of hydrazone groups is 1. The van der Waals surface area contributed by atoms with E-state index in [-0.39, 0.29) is 17.3 Å². The minimum atomic E-state index is -0.591. The van der Waals surface area contributed by atoms with E-state index in [1.54, 1.807) is 12.1 Å². The number of anilines is 1. The van der Waals surface area contributed by atoms with Crippen LogP contribution in [-0.2, 0) is 11.3 Å². The van der Waals surface area contributed by atoms with Crippen LogP contribution in [0.15, 0.2) is 34.0 Å². The molecule has 0 radical (unpaired) electrons. The molecule has 3 N–H and O–H groups in total. The molecular weight excluding hydrogens is 397 g/mol. The van der Waals surface area contributed by atoms with Crippen molar-refractivity contribution in [1.82, 2.24) is 35.6 Å². The van der Waals surface area contributed by atoms with Crippen LogP contribution in [0.2, 0.25) is 0 Å². The van der Waals surface area contributed by atoms with Crippen LogP contribution in [0.4, 0.5) is 10.2 Å². The van der Waals surface area contributed by atoms with E-state index >= 15 is 0 Å². The highest BCUT2D eigenvalue weighted by Gasteiger charge is 2.26. The Labute approximate surface area is 169 Å². The van der Waals surface area contributed by atoms with Gasteiger partial charge in [0.2, 0.25) is 11.6 Å². The number of carbonyl (C=O) groups is 1. The lowest BCUT2D eigenvalue weighted by atomic mass is 10.2. The van der Waals surface area contributed by atoms with Crippen LogP contribution in [0.25, 0.3) is 5.82 Å². The van der Waals surface area contributed by atoms with Crippen molar-refractivity contribution in [2.75, 3.05) is 32.0 Å². The van der Waals surface area contributed by atoms with Crippen molar-refractivity contribution >= 4 is 17.9 Å². The van der Waals surface area contributed by atoms with Crippen molar-refractivity contribution < 1.29 is 18.6 Å². The van der Waals surface area contributed by atoms with Crippen LogP contribution in [-0.4, -0.2) is 68.6 Å². The molecule has 0 unspecified atom stereocenters. The van der Waals surface area contributed by atoms with Gasteiger partial charge < -0.3 is 10.5 Å². The van der Waals surface area contributed by atoms with Gasteiger partial charge in [-0.1, -0.05) is 17.3 Å². The Hall–Kier alpha value is -3.71. The molecule has 1 fully saturated rings. The lowest BCUT2D eigenvalue weighted by molar-refractivity contribution is 0.0332. The third-order valence-corrected chi connectivity index (χ3v) is 4.38. The van der Waals surface area contributed by atoms with E-state index in [9.17, 15) is 9.18 Å². The second-order valence-electron chi connectivity index (χ2n) is 6.41. The van der Waals surface area contributed by atoms with E-state index in [1.165, 1.54) is 23.0 Å². The van der Waals surface area contributed by atoms with Crippen LogP contribution in [0.1, 0.15) is 21.7 Å². The average molecular weight is 415 g/mol. The number of carbonyl (C=O) groups excluding carboxylic acids is 1. The molecule has 0 bridgehead atoms. The van der Waals surface area contributed by atoms with Crippen LogP contribution < -0.4 is 11.2 Å². The molecule has 1 aliphatic heterocycles. The molecule has 0 spiro atoms. The zero-order valence-electron chi connectivity index (χ0n) is 15.7. The van der Waals surface area contributed by atoms with Crippen LogP contribution in [0.5, 0.6) is 0 Å². The second-order valence-corrected chi connectivity index (χ2v) is 6.41. The van der Waals surface area contributed by atoms with Crippen LogP contribution >= 0.6 is 0 Å². The highest BCUT2D eigenvalue weighted by molar-refractivity contribution is 5.94. The van der Waals surface area contributed by atoms with E-state index in [0.29, 0.717) is 44.1 Å². The summed E-state index contributed by atoms with van der Waals surface area (Å²) in [6.45, 7) is 2.86. The molecule has 0 saturated carbocycles. The summed E-state index contributed by atoms with van der Waals surface area (Å²) in [5, 5.41) is 19.1. The standard InChI is InChI=1S/C17H18FN9O3/c18-12-3-1-2-11(8-12)9-20-22-17(28)14-13(10-26-4-6-29-7-5-26)27(25-21-14)16-15(19)23-30-24-16/h1-3,8-9H,4-7,10H2,(H2,19,23)(H,22,28)/b20-9+. The summed E-state index contributed by atoms with van der Waals surface area (Å²) >= 11 is 0. The first-order valence-electron chi connectivity index (χ1n) is 9.04. The first kappa shape index (κ1) is 19.6. The quantitative estimate of drug-likeness (QED) is 0.418. The number of morpholine rings is 1. The number of nitrogens with one attached hydrogen (secondary N) is 1. The fourth-order valence-corrected chi connectivity index (χ4v) is 2.90. The maximum absolute atomic E-state index is 13.3. The van der Waals surface area contributed by atoms with E-state index in [1.807, 2.05) is 0 Å². The Morgan fingerprint density at radius 1 is 1.33 bits per heavy atom. The third kappa shape index (κ3) is 4.31. The number of halogens is 1. The summed E-state index contributed by atoms with van der Waals surface area (Å²) in [5.74, 6) is -0.848. The van der Waals surface area contributed by atoms with Gasteiger partial charge in [0.25, 0.3) is 5.91 Å². The van der Waals surface area contributed by atoms with Crippen molar-refractivity contribution in [1.29, 1.82) is 0 Å².